The number of hydrogen-bond acceptors (Lipinski definition) is 0. The minimum absolute atomic E-state index is 0. The second-order valence-electron chi connectivity index (χ2n) is 2.21. The molecule has 0 atom stereocenters. The van der Waals surface area contributed by atoms with Crippen molar-refractivity contribution in [3.63, 3.8) is 0 Å². The molecule has 5 heteroatoms. The molecule has 54 valence electrons. The minimum atomic E-state index is -4.59. The van der Waals surface area contributed by atoms with Crippen LogP contribution in [0.5, 0.6) is 0 Å². The third-order valence-electron chi connectivity index (χ3n) is 0.898. The zero-order chi connectivity index (χ0) is 7.49. The molecule has 0 rings (SSSR count). The van der Waals surface area contributed by atoms with Gasteiger partial charge in [-0.05, 0) is 6.92 Å². The van der Waals surface area contributed by atoms with Gasteiger partial charge in [-0.1, -0.05) is 18.3 Å². The average molecular weight is 176 g/mol. The Bertz CT molecular complexity index is 110. The summed E-state index contributed by atoms with van der Waals surface area (Å²) in [4.78, 5) is 0. The first-order valence-corrected chi connectivity index (χ1v) is 2.77. The average Bonchev–Trinajstić information content (AvgIpc) is 1.59. The first kappa shape index (κ1) is 13.8. The molecule has 0 bridgehead atoms. The van der Waals surface area contributed by atoms with E-state index in [4.69, 9.17) is 0 Å². The molecule has 0 N–H and O–H groups in total. The van der Waals surface area contributed by atoms with E-state index in [1.165, 1.54) is 0 Å². The van der Waals surface area contributed by atoms with Crippen LogP contribution in [0.25, 0.3) is 0 Å². The summed E-state index contributed by atoms with van der Waals surface area (Å²) in [6.45, 7) is 0.375. The molecule has 0 heterocycles. The van der Waals surface area contributed by atoms with Crippen molar-refractivity contribution in [1.29, 1.82) is 0 Å². The number of halogens is 3. The maximum Gasteiger partial charge on any atom is 1.00 e. The van der Waals surface area contributed by atoms with E-state index in [-0.39, 0.29) is 57.8 Å². The predicted octanol–water partition coefficient (Wildman–Crippen LogP) is -0.196. The number of hydrogen-bond donors (Lipinski definition) is 0. The van der Waals surface area contributed by atoms with E-state index in [1.54, 1.807) is 6.92 Å². The Morgan fingerprint density at radius 3 is 1.90 bits per heavy atom. The molecular formula is C5H9BF3K. The maximum absolute atomic E-state index is 11.4. The molecule has 0 aromatic carbocycles. The Hall–Kier alpha value is 1.23. The molecule has 0 fully saturated rings. The second-order valence-corrected chi connectivity index (χ2v) is 2.21. The van der Waals surface area contributed by atoms with Gasteiger partial charge in [-0.15, -0.1) is 6.58 Å². The molecule has 0 nitrogen and oxygen atoms in total. The van der Waals surface area contributed by atoms with Crippen LogP contribution in [0.4, 0.5) is 12.9 Å². The smallest absolute Gasteiger partial charge is 0.449 e. The van der Waals surface area contributed by atoms with Gasteiger partial charge in [0.15, 0.2) is 0 Å². The summed E-state index contributed by atoms with van der Waals surface area (Å²) in [5.74, 6) is 0. The normalized spacial score (nSPS) is 10.4. The Morgan fingerprint density at radius 2 is 1.80 bits per heavy atom. The zero-order valence-corrected chi connectivity index (χ0v) is 9.46. The van der Waals surface area contributed by atoms with E-state index < -0.39 is 13.3 Å². The molecule has 0 unspecified atom stereocenters. The molecule has 0 radical (unpaired) electrons. The van der Waals surface area contributed by atoms with Crippen LogP contribution in [-0.2, 0) is 0 Å². The number of rotatable bonds is 3. The van der Waals surface area contributed by atoms with Gasteiger partial charge in [0.1, 0.15) is 0 Å². The maximum atomic E-state index is 11.4. The van der Waals surface area contributed by atoms with Crippen LogP contribution in [0.3, 0.4) is 0 Å². The van der Waals surface area contributed by atoms with E-state index in [9.17, 15) is 12.9 Å². The van der Waals surface area contributed by atoms with Crippen LogP contribution >= 0.6 is 0 Å². The summed E-state index contributed by atoms with van der Waals surface area (Å²) in [5, 5.41) is 0. The Balaban J connectivity index is 0. The molecule has 0 aliphatic rings. The van der Waals surface area contributed by atoms with Gasteiger partial charge in [-0.25, -0.2) is 0 Å². The molecule has 0 saturated carbocycles. The van der Waals surface area contributed by atoms with Gasteiger partial charge >= 0.3 is 58.4 Å². The molecule has 0 aliphatic carbocycles. The summed E-state index contributed by atoms with van der Waals surface area (Å²) >= 11 is 0. The van der Waals surface area contributed by atoms with Crippen LogP contribution in [0.15, 0.2) is 12.2 Å². The third kappa shape index (κ3) is 12.0. The van der Waals surface area contributed by atoms with Gasteiger partial charge < -0.3 is 12.9 Å². The quantitative estimate of drug-likeness (QED) is 0.412. The van der Waals surface area contributed by atoms with Gasteiger partial charge in [0.25, 0.3) is 0 Å². The van der Waals surface area contributed by atoms with Gasteiger partial charge in [-0.2, -0.15) is 0 Å². The van der Waals surface area contributed by atoms with Crippen LogP contribution in [-0.4, -0.2) is 6.98 Å². The summed E-state index contributed by atoms with van der Waals surface area (Å²) < 4.78 is 34.3. The van der Waals surface area contributed by atoms with Crippen LogP contribution in [0.1, 0.15) is 13.3 Å². The Kier molecular flexibility index (Phi) is 8.04. The predicted molar refractivity (Wildman–Crippen MR) is 33.3 cm³/mol. The van der Waals surface area contributed by atoms with Gasteiger partial charge in [-0.3, -0.25) is 0 Å². The fourth-order valence-electron chi connectivity index (χ4n) is 0.410. The monoisotopic (exact) mass is 176 g/mol. The molecule has 0 aliphatic heterocycles. The van der Waals surface area contributed by atoms with Crippen molar-refractivity contribution in [2.24, 2.45) is 0 Å². The molecule has 0 aromatic heterocycles. The largest absolute Gasteiger partial charge is 1.00 e. The fraction of sp³-hybridized carbons (Fsp3) is 0.600. The number of allylic oxidation sites excluding steroid dienone is 1. The van der Waals surface area contributed by atoms with Crippen LogP contribution in [0, 0.1) is 0 Å². The molecule has 0 saturated heterocycles. The van der Waals surface area contributed by atoms with Crippen molar-refractivity contribution >= 4 is 6.98 Å². The first-order valence-electron chi connectivity index (χ1n) is 2.77. The molecular weight excluding hydrogens is 167 g/mol. The van der Waals surface area contributed by atoms with E-state index in [2.05, 4.69) is 6.58 Å². The Labute approximate surface area is 102 Å². The summed E-state index contributed by atoms with van der Waals surface area (Å²) in [7, 11) is 0. The minimum Gasteiger partial charge on any atom is -0.449 e. The fourth-order valence-corrected chi connectivity index (χ4v) is 0.410. The SMILES string of the molecule is C=C(C)CC[B-](F)(F)F.[K+]. The summed E-state index contributed by atoms with van der Waals surface area (Å²) in [5.41, 5.74) is 0.592. The van der Waals surface area contributed by atoms with Crippen LogP contribution < -0.4 is 51.4 Å². The topological polar surface area (TPSA) is 0 Å². The van der Waals surface area contributed by atoms with Gasteiger partial charge in [0, 0.05) is 0 Å². The van der Waals surface area contributed by atoms with Crippen molar-refractivity contribution in [3.8, 4) is 0 Å². The Morgan fingerprint density at radius 1 is 1.40 bits per heavy atom. The second kappa shape index (κ2) is 5.83. The van der Waals surface area contributed by atoms with E-state index in [0.29, 0.717) is 5.57 Å². The molecule has 0 spiro atoms. The van der Waals surface area contributed by atoms with Crippen molar-refractivity contribution in [2.75, 3.05) is 0 Å². The van der Waals surface area contributed by atoms with Crippen molar-refractivity contribution in [1.82, 2.24) is 0 Å². The van der Waals surface area contributed by atoms with E-state index in [1.807, 2.05) is 0 Å². The van der Waals surface area contributed by atoms with Gasteiger partial charge in [0.05, 0.1) is 0 Å². The standard InChI is InChI=1S/C5H9BF3.K/c1-5(2)3-4-6(7,8)9;/h1,3-4H2,2H3;/q-1;+1. The zero-order valence-electron chi connectivity index (χ0n) is 6.33. The van der Waals surface area contributed by atoms with Crippen molar-refractivity contribution < 1.29 is 64.3 Å². The van der Waals surface area contributed by atoms with Crippen molar-refractivity contribution in [3.05, 3.63) is 12.2 Å². The molecule has 0 amide bonds. The van der Waals surface area contributed by atoms with Gasteiger partial charge in [0.2, 0.25) is 0 Å². The van der Waals surface area contributed by atoms with Crippen molar-refractivity contribution in [2.45, 2.75) is 19.7 Å². The first-order chi connectivity index (χ1) is 3.92. The van der Waals surface area contributed by atoms with Crippen LogP contribution in [0.2, 0.25) is 6.32 Å². The molecule has 0 aromatic rings. The van der Waals surface area contributed by atoms with E-state index >= 15 is 0 Å². The third-order valence-corrected chi connectivity index (χ3v) is 0.898. The summed E-state index contributed by atoms with van der Waals surface area (Å²) in [6.07, 6.45) is -0.612. The van der Waals surface area contributed by atoms with E-state index in [0.717, 1.165) is 0 Å². The molecule has 10 heavy (non-hydrogen) atoms. The summed E-state index contributed by atoms with van der Waals surface area (Å²) in [6, 6.07) is 0.